The second kappa shape index (κ2) is 5.63. The fourth-order valence-electron chi connectivity index (χ4n) is 2.11. The summed E-state index contributed by atoms with van der Waals surface area (Å²) in [5.74, 6) is -0.457. The van der Waals surface area contributed by atoms with Gasteiger partial charge < -0.3 is 5.11 Å². The van der Waals surface area contributed by atoms with Crippen LogP contribution in [0.3, 0.4) is 0 Å². The van der Waals surface area contributed by atoms with Crippen LogP contribution in [0.4, 0.5) is 13.2 Å². The molecule has 2 rings (SSSR count). The molecule has 1 aromatic heterocycles. The maximum Gasteiger partial charge on any atom is 0.416 e. The Labute approximate surface area is 114 Å². The van der Waals surface area contributed by atoms with Crippen LogP contribution in [0, 0.1) is 0 Å². The third-order valence-electron chi connectivity index (χ3n) is 3.27. The average molecular weight is 281 g/mol. The summed E-state index contributed by atoms with van der Waals surface area (Å²) in [6.45, 7) is 1.69. The van der Waals surface area contributed by atoms with Gasteiger partial charge in [0.1, 0.15) is 0 Å². The van der Waals surface area contributed by atoms with Gasteiger partial charge in [-0.2, -0.15) is 13.2 Å². The lowest BCUT2D eigenvalue weighted by atomic mass is 9.89. The Morgan fingerprint density at radius 2 is 1.75 bits per heavy atom. The summed E-state index contributed by atoms with van der Waals surface area (Å²) in [6, 6.07) is 9.82. The van der Waals surface area contributed by atoms with Gasteiger partial charge in [0, 0.05) is 23.9 Å². The molecule has 2 nitrogen and oxygen atoms in total. The Balaban J connectivity index is 2.37. The fourth-order valence-corrected chi connectivity index (χ4v) is 2.11. The molecule has 0 spiro atoms. The molecule has 0 amide bonds. The molecule has 1 N–H and O–H groups in total. The van der Waals surface area contributed by atoms with Crippen LogP contribution >= 0.6 is 0 Å². The highest BCUT2D eigenvalue weighted by atomic mass is 19.4. The van der Waals surface area contributed by atoms with Crippen molar-refractivity contribution in [2.24, 2.45) is 0 Å². The molecule has 0 radical (unpaired) electrons. The van der Waals surface area contributed by atoms with Crippen molar-refractivity contribution in [3.63, 3.8) is 0 Å². The molecule has 2 atom stereocenters. The van der Waals surface area contributed by atoms with Gasteiger partial charge in [-0.1, -0.05) is 37.3 Å². The number of aliphatic hydroxyl groups is 1. The van der Waals surface area contributed by atoms with E-state index in [-0.39, 0.29) is 5.56 Å². The van der Waals surface area contributed by atoms with Crippen molar-refractivity contribution in [1.82, 2.24) is 4.98 Å². The van der Waals surface area contributed by atoms with Gasteiger partial charge in [0.15, 0.2) is 0 Å². The van der Waals surface area contributed by atoms with Gasteiger partial charge in [-0.3, -0.25) is 4.98 Å². The summed E-state index contributed by atoms with van der Waals surface area (Å²) < 4.78 is 38.8. The summed E-state index contributed by atoms with van der Waals surface area (Å²) in [6.07, 6.45) is -3.61. The summed E-state index contributed by atoms with van der Waals surface area (Å²) in [7, 11) is 0. The first-order valence-electron chi connectivity index (χ1n) is 6.15. The smallest absolute Gasteiger partial charge is 0.388 e. The molecule has 0 aliphatic carbocycles. The molecule has 0 bridgehead atoms. The van der Waals surface area contributed by atoms with E-state index < -0.39 is 23.8 Å². The van der Waals surface area contributed by atoms with E-state index in [1.807, 2.05) is 6.07 Å². The molecule has 0 aliphatic heterocycles. The summed E-state index contributed by atoms with van der Waals surface area (Å²) >= 11 is 0. The Kier molecular flexibility index (Phi) is 4.09. The molecule has 1 aromatic carbocycles. The second-order valence-electron chi connectivity index (χ2n) is 4.60. The lowest BCUT2D eigenvalue weighted by Gasteiger charge is -2.22. The molecule has 0 saturated heterocycles. The van der Waals surface area contributed by atoms with Crippen LogP contribution in [0.1, 0.15) is 35.6 Å². The van der Waals surface area contributed by atoms with Crippen molar-refractivity contribution in [3.05, 3.63) is 65.5 Å². The summed E-state index contributed by atoms with van der Waals surface area (Å²) in [5.41, 5.74) is -0.267. The highest BCUT2D eigenvalue weighted by Crippen LogP contribution is 2.38. The van der Waals surface area contributed by atoms with Crippen molar-refractivity contribution in [1.29, 1.82) is 0 Å². The minimum atomic E-state index is -4.50. The van der Waals surface area contributed by atoms with Crippen molar-refractivity contribution in [3.8, 4) is 0 Å². The van der Waals surface area contributed by atoms with E-state index in [4.69, 9.17) is 0 Å². The summed E-state index contributed by atoms with van der Waals surface area (Å²) in [5, 5.41) is 10.2. The number of rotatable bonds is 3. The van der Waals surface area contributed by atoms with E-state index >= 15 is 0 Å². The number of halogens is 3. The highest BCUT2D eigenvalue weighted by Gasteiger charge is 2.36. The molecular weight excluding hydrogens is 267 g/mol. The first-order chi connectivity index (χ1) is 9.41. The molecular formula is C15H14F3NO. The molecule has 0 aliphatic rings. The molecule has 5 heteroatoms. The van der Waals surface area contributed by atoms with E-state index in [0.717, 1.165) is 24.0 Å². The topological polar surface area (TPSA) is 33.1 Å². The van der Waals surface area contributed by atoms with Crippen LogP contribution in [0.2, 0.25) is 0 Å². The number of benzene rings is 1. The van der Waals surface area contributed by atoms with E-state index in [1.54, 1.807) is 31.2 Å². The Bertz CT molecular complexity index is 569. The SMILES string of the molecule is CC(c1ccccc1)C(O)c1cnccc1C(F)(F)F. The Morgan fingerprint density at radius 3 is 2.35 bits per heavy atom. The van der Waals surface area contributed by atoms with Crippen LogP contribution in [-0.2, 0) is 6.18 Å². The van der Waals surface area contributed by atoms with Crippen LogP contribution in [0.25, 0.3) is 0 Å². The first kappa shape index (κ1) is 14.5. The molecule has 2 unspecified atom stereocenters. The highest BCUT2D eigenvalue weighted by molar-refractivity contribution is 5.32. The fraction of sp³-hybridized carbons (Fsp3) is 0.267. The van der Waals surface area contributed by atoms with Gasteiger partial charge in [-0.15, -0.1) is 0 Å². The molecule has 0 fully saturated rings. The lowest BCUT2D eigenvalue weighted by molar-refractivity contribution is -0.139. The zero-order valence-electron chi connectivity index (χ0n) is 10.8. The van der Waals surface area contributed by atoms with Crippen molar-refractivity contribution in [2.75, 3.05) is 0 Å². The van der Waals surface area contributed by atoms with Gasteiger partial charge in [-0.25, -0.2) is 0 Å². The van der Waals surface area contributed by atoms with E-state index in [2.05, 4.69) is 4.98 Å². The number of pyridine rings is 1. The maximum atomic E-state index is 12.9. The zero-order valence-corrected chi connectivity index (χ0v) is 10.8. The van der Waals surface area contributed by atoms with Crippen molar-refractivity contribution < 1.29 is 18.3 Å². The van der Waals surface area contributed by atoms with Crippen molar-refractivity contribution in [2.45, 2.75) is 25.1 Å². The maximum absolute atomic E-state index is 12.9. The third-order valence-corrected chi connectivity index (χ3v) is 3.27. The Morgan fingerprint density at radius 1 is 1.10 bits per heavy atom. The van der Waals surface area contributed by atoms with E-state index in [9.17, 15) is 18.3 Å². The second-order valence-corrected chi connectivity index (χ2v) is 4.60. The van der Waals surface area contributed by atoms with Gasteiger partial charge in [-0.05, 0) is 11.6 Å². The molecule has 0 saturated carbocycles. The standard InChI is InChI=1S/C15H14F3NO/c1-10(11-5-3-2-4-6-11)14(20)12-9-19-8-7-13(12)15(16,17)18/h2-10,14,20H,1H3. The van der Waals surface area contributed by atoms with Crippen LogP contribution in [0.5, 0.6) is 0 Å². The number of aromatic nitrogens is 1. The number of alkyl halides is 3. The van der Waals surface area contributed by atoms with Gasteiger partial charge >= 0.3 is 6.18 Å². The number of hydrogen-bond donors (Lipinski definition) is 1. The van der Waals surface area contributed by atoms with Crippen LogP contribution in [-0.4, -0.2) is 10.1 Å². The van der Waals surface area contributed by atoms with Crippen LogP contribution in [0.15, 0.2) is 48.8 Å². The average Bonchev–Trinajstić information content (AvgIpc) is 2.46. The first-order valence-corrected chi connectivity index (χ1v) is 6.15. The van der Waals surface area contributed by atoms with E-state index in [0.29, 0.717) is 0 Å². The zero-order chi connectivity index (χ0) is 14.8. The number of hydrogen-bond acceptors (Lipinski definition) is 2. The van der Waals surface area contributed by atoms with Crippen LogP contribution < -0.4 is 0 Å². The molecule has 1 heterocycles. The monoisotopic (exact) mass is 281 g/mol. The normalized spacial score (nSPS) is 14.8. The number of nitrogens with zero attached hydrogens (tertiary/aromatic N) is 1. The molecule has 20 heavy (non-hydrogen) atoms. The lowest BCUT2D eigenvalue weighted by Crippen LogP contribution is -2.16. The Hall–Kier alpha value is -1.88. The molecule has 106 valence electrons. The predicted octanol–water partition coefficient (Wildman–Crippen LogP) is 3.94. The molecule has 2 aromatic rings. The minimum absolute atomic E-state index is 0.198. The van der Waals surface area contributed by atoms with Gasteiger partial charge in [0.25, 0.3) is 0 Å². The van der Waals surface area contributed by atoms with Gasteiger partial charge in [0.05, 0.1) is 11.7 Å². The van der Waals surface area contributed by atoms with Gasteiger partial charge in [0.2, 0.25) is 0 Å². The number of aliphatic hydroxyl groups excluding tert-OH is 1. The van der Waals surface area contributed by atoms with Crippen molar-refractivity contribution >= 4 is 0 Å². The predicted molar refractivity (Wildman–Crippen MR) is 69.1 cm³/mol. The summed E-state index contributed by atoms with van der Waals surface area (Å²) in [4.78, 5) is 3.70. The largest absolute Gasteiger partial charge is 0.416 e. The minimum Gasteiger partial charge on any atom is -0.388 e. The quantitative estimate of drug-likeness (QED) is 0.924. The third kappa shape index (κ3) is 2.99. The van der Waals surface area contributed by atoms with E-state index in [1.165, 1.54) is 0 Å².